The molecule has 0 heterocycles. The van der Waals surface area contributed by atoms with Gasteiger partial charge >= 0.3 is 6.09 Å². The number of rotatable bonds is 3. The van der Waals surface area contributed by atoms with E-state index in [-0.39, 0.29) is 12.5 Å². The van der Waals surface area contributed by atoms with Gasteiger partial charge in [-0.1, -0.05) is 0 Å². The van der Waals surface area contributed by atoms with E-state index >= 15 is 0 Å². The van der Waals surface area contributed by atoms with Crippen molar-refractivity contribution in [3.8, 4) is 0 Å². The fourth-order valence-corrected chi connectivity index (χ4v) is 2.09. The molecule has 0 aromatic heterocycles. The number of aliphatic hydroxyl groups is 1. The van der Waals surface area contributed by atoms with Gasteiger partial charge in [0.05, 0.1) is 0 Å². The van der Waals surface area contributed by atoms with Crippen molar-refractivity contribution in [3.05, 3.63) is 10.1 Å². The summed E-state index contributed by atoms with van der Waals surface area (Å²) in [6.45, 7) is 4.78. The zero-order valence-corrected chi connectivity index (χ0v) is 10.9. The summed E-state index contributed by atoms with van der Waals surface area (Å²) in [4.78, 5) is 21.4. The minimum absolute atomic E-state index is 0.188. The zero-order chi connectivity index (χ0) is 14.0. The topological polar surface area (TPSA) is 102 Å². The molecule has 7 heteroatoms. The summed E-state index contributed by atoms with van der Waals surface area (Å²) < 4.78 is 5.08. The van der Waals surface area contributed by atoms with E-state index in [9.17, 15) is 20.0 Å². The Balaban J connectivity index is 2.43. The zero-order valence-electron chi connectivity index (χ0n) is 10.9. The van der Waals surface area contributed by atoms with Gasteiger partial charge in [-0.3, -0.25) is 10.1 Å². The fourth-order valence-electron chi connectivity index (χ4n) is 2.09. The Morgan fingerprint density at radius 3 is 2.72 bits per heavy atom. The molecule has 1 rings (SSSR count). The van der Waals surface area contributed by atoms with Crippen LogP contribution in [0.1, 0.15) is 40.0 Å². The van der Waals surface area contributed by atoms with Crippen LogP contribution >= 0.6 is 0 Å². The van der Waals surface area contributed by atoms with Gasteiger partial charge in [-0.15, -0.1) is 0 Å². The number of hydrogen-bond acceptors (Lipinski definition) is 5. The molecular formula is C11H20N2O5. The molecule has 2 atom stereocenters. The predicted molar refractivity (Wildman–Crippen MR) is 63.8 cm³/mol. The highest BCUT2D eigenvalue weighted by atomic mass is 16.6. The molecule has 1 fully saturated rings. The number of alkyl carbamates (subject to hydrolysis) is 1. The Labute approximate surface area is 106 Å². The van der Waals surface area contributed by atoms with Crippen LogP contribution in [0.5, 0.6) is 0 Å². The van der Waals surface area contributed by atoms with Gasteiger partial charge in [0.15, 0.2) is 0 Å². The van der Waals surface area contributed by atoms with Crippen LogP contribution in [0, 0.1) is 10.1 Å². The van der Waals surface area contributed by atoms with Crippen LogP contribution in [0.15, 0.2) is 0 Å². The summed E-state index contributed by atoms with van der Waals surface area (Å²) in [6.07, 6.45) is 0.462. The van der Waals surface area contributed by atoms with E-state index in [1.165, 1.54) is 0 Å². The van der Waals surface area contributed by atoms with E-state index in [0.29, 0.717) is 12.8 Å². The molecule has 1 amide bonds. The Kier molecular flexibility index (Phi) is 4.16. The van der Waals surface area contributed by atoms with Gasteiger partial charge in [0, 0.05) is 17.4 Å². The second-order valence-corrected chi connectivity index (χ2v) is 5.80. The maximum atomic E-state index is 11.5. The monoisotopic (exact) mass is 260 g/mol. The largest absolute Gasteiger partial charge is 0.444 e. The lowest BCUT2D eigenvalue weighted by atomic mass is 10.0. The van der Waals surface area contributed by atoms with Gasteiger partial charge in [0.25, 0.3) is 0 Å². The third-order valence-electron chi connectivity index (χ3n) is 2.73. The highest BCUT2D eigenvalue weighted by Gasteiger charge is 2.42. The lowest BCUT2D eigenvalue weighted by Crippen LogP contribution is -2.41. The number of nitrogens with zero attached hydrogens (tertiary/aromatic N) is 1. The van der Waals surface area contributed by atoms with Crippen LogP contribution < -0.4 is 5.32 Å². The van der Waals surface area contributed by atoms with Gasteiger partial charge in [0.1, 0.15) is 11.2 Å². The molecule has 1 unspecified atom stereocenters. The number of amides is 1. The summed E-state index contributed by atoms with van der Waals surface area (Å²) >= 11 is 0. The van der Waals surface area contributed by atoms with E-state index < -0.39 is 28.8 Å². The molecule has 0 aromatic rings. The first kappa shape index (κ1) is 14.7. The predicted octanol–water partition coefficient (Wildman–Crippen LogP) is 1.07. The number of hydrogen-bond donors (Lipinski definition) is 2. The van der Waals surface area contributed by atoms with Crippen molar-refractivity contribution in [2.45, 2.75) is 57.3 Å². The molecule has 0 saturated heterocycles. The maximum absolute atomic E-state index is 11.5. The van der Waals surface area contributed by atoms with Crippen molar-refractivity contribution in [1.29, 1.82) is 0 Å². The first-order chi connectivity index (χ1) is 8.10. The molecule has 18 heavy (non-hydrogen) atoms. The van der Waals surface area contributed by atoms with E-state index in [1.807, 2.05) is 0 Å². The van der Waals surface area contributed by atoms with E-state index in [4.69, 9.17) is 4.74 Å². The molecule has 104 valence electrons. The lowest BCUT2D eigenvalue weighted by molar-refractivity contribution is -0.500. The number of nitro groups is 1. The van der Waals surface area contributed by atoms with Gasteiger partial charge < -0.3 is 15.2 Å². The molecule has 0 spiro atoms. The summed E-state index contributed by atoms with van der Waals surface area (Å²) in [5.41, 5.74) is -1.90. The molecule has 1 aliphatic carbocycles. The molecule has 7 nitrogen and oxygen atoms in total. The second kappa shape index (κ2) is 5.09. The molecule has 1 saturated carbocycles. The lowest BCUT2D eigenvalue weighted by Gasteiger charge is -2.22. The summed E-state index contributed by atoms with van der Waals surface area (Å²) in [6, 6.07) is -0.273. The number of carbonyl (C=O) groups is 1. The van der Waals surface area contributed by atoms with Crippen molar-refractivity contribution in [2.24, 2.45) is 0 Å². The van der Waals surface area contributed by atoms with E-state index in [1.54, 1.807) is 20.8 Å². The van der Waals surface area contributed by atoms with Crippen molar-refractivity contribution >= 4 is 6.09 Å². The third-order valence-corrected chi connectivity index (χ3v) is 2.73. The average molecular weight is 260 g/mol. The summed E-state index contributed by atoms with van der Waals surface area (Å²) in [5.74, 6) is 0. The second-order valence-electron chi connectivity index (χ2n) is 5.80. The minimum Gasteiger partial charge on any atom is -0.444 e. The molecule has 0 bridgehead atoms. The van der Waals surface area contributed by atoms with Crippen molar-refractivity contribution in [2.75, 3.05) is 6.54 Å². The molecule has 0 radical (unpaired) electrons. The number of ether oxygens (including phenoxy) is 1. The van der Waals surface area contributed by atoms with Crippen LogP contribution in [0.25, 0.3) is 0 Å². The Bertz CT molecular complexity index is 339. The van der Waals surface area contributed by atoms with Gasteiger partial charge in [0.2, 0.25) is 6.54 Å². The van der Waals surface area contributed by atoms with Crippen LogP contribution in [0.4, 0.5) is 4.79 Å². The Morgan fingerprint density at radius 2 is 2.22 bits per heavy atom. The van der Waals surface area contributed by atoms with Gasteiger partial charge in [-0.2, -0.15) is 0 Å². The molecule has 0 aliphatic heterocycles. The van der Waals surface area contributed by atoms with E-state index in [0.717, 1.165) is 0 Å². The fraction of sp³-hybridized carbons (Fsp3) is 0.909. The third kappa shape index (κ3) is 4.87. The van der Waals surface area contributed by atoms with Crippen LogP contribution in [0.2, 0.25) is 0 Å². The first-order valence-electron chi connectivity index (χ1n) is 5.93. The SMILES string of the molecule is CC(C)(C)OC(=O)N[C@H]1CCC(O)(C[N+](=O)[O-])C1. The van der Waals surface area contributed by atoms with Gasteiger partial charge in [-0.05, 0) is 33.6 Å². The van der Waals surface area contributed by atoms with Crippen molar-refractivity contribution in [3.63, 3.8) is 0 Å². The highest BCUT2D eigenvalue weighted by Crippen LogP contribution is 2.30. The summed E-state index contributed by atoms with van der Waals surface area (Å²) in [7, 11) is 0. The van der Waals surface area contributed by atoms with Crippen LogP contribution in [0.3, 0.4) is 0 Å². The maximum Gasteiger partial charge on any atom is 0.407 e. The molecule has 1 aliphatic rings. The van der Waals surface area contributed by atoms with Crippen molar-refractivity contribution < 1.29 is 19.6 Å². The number of carbonyl (C=O) groups excluding carboxylic acids is 1. The van der Waals surface area contributed by atoms with E-state index in [2.05, 4.69) is 5.32 Å². The average Bonchev–Trinajstić information content (AvgIpc) is 2.41. The first-order valence-corrected chi connectivity index (χ1v) is 5.93. The molecular weight excluding hydrogens is 240 g/mol. The Morgan fingerprint density at radius 1 is 1.61 bits per heavy atom. The molecule has 0 aromatic carbocycles. The van der Waals surface area contributed by atoms with Crippen molar-refractivity contribution in [1.82, 2.24) is 5.32 Å². The smallest absolute Gasteiger partial charge is 0.407 e. The quantitative estimate of drug-likeness (QED) is 0.583. The minimum atomic E-state index is -1.32. The normalized spacial score (nSPS) is 27.9. The molecule has 2 N–H and O–H groups in total. The standard InChI is InChI=1S/C11H20N2O5/c1-10(2,3)18-9(14)12-8-4-5-11(15,6-8)7-13(16)17/h8,15H,4-7H2,1-3H3,(H,12,14)/t8-,11?/m0/s1. The Hall–Kier alpha value is -1.37. The summed E-state index contributed by atoms with van der Waals surface area (Å²) in [5, 5.41) is 23.0. The van der Waals surface area contributed by atoms with Crippen LogP contribution in [-0.2, 0) is 4.74 Å². The van der Waals surface area contributed by atoms with Crippen LogP contribution in [-0.4, -0.2) is 39.9 Å². The van der Waals surface area contributed by atoms with Gasteiger partial charge in [-0.25, -0.2) is 4.79 Å². The number of nitrogens with one attached hydrogen (secondary N) is 1. The highest BCUT2D eigenvalue weighted by molar-refractivity contribution is 5.68.